The van der Waals surface area contributed by atoms with Crippen molar-refractivity contribution < 1.29 is 8.81 Å². The molecule has 0 aliphatic carbocycles. The van der Waals surface area contributed by atoms with Gasteiger partial charge in [0, 0.05) is 23.7 Å². The van der Waals surface area contributed by atoms with E-state index in [1.807, 2.05) is 36.4 Å². The molecule has 0 unspecified atom stereocenters. The fourth-order valence-electron chi connectivity index (χ4n) is 3.10. The number of rotatable bonds is 5. The Morgan fingerprint density at radius 3 is 2.46 bits per heavy atom. The van der Waals surface area contributed by atoms with Crippen LogP contribution in [0, 0.1) is 5.82 Å². The maximum Gasteiger partial charge on any atom is 0.228 e. The van der Waals surface area contributed by atoms with Crippen LogP contribution in [0.2, 0.25) is 0 Å². The predicted octanol–water partition coefficient (Wildman–Crippen LogP) is 5.28. The van der Waals surface area contributed by atoms with Crippen LogP contribution in [0.1, 0.15) is 11.1 Å². The number of nitrogens with one attached hydrogen (secondary N) is 1. The van der Waals surface area contributed by atoms with Gasteiger partial charge in [0.1, 0.15) is 11.6 Å². The summed E-state index contributed by atoms with van der Waals surface area (Å²) in [7, 11) is 1.69. The first-order chi connectivity index (χ1) is 13.7. The Balaban J connectivity index is 1.81. The lowest BCUT2D eigenvalue weighted by atomic mass is 10.00. The minimum Gasteiger partial charge on any atom is -0.438 e. The van der Waals surface area contributed by atoms with Crippen molar-refractivity contribution in [3.05, 3.63) is 83.8 Å². The van der Waals surface area contributed by atoms with Gasteiger partial charge >= 0.3 is 0 Å². The zero-order chi connectivity index (χ0) is 19.5. The predicted molar refractivity (Wildman–Crippen MR) is 109 cm³/mol. The number of furan rings is 1. The molecule has 28 heavy (non-hydrogen) atoms. The number of aromatic amines is 1. The first-order valence-corrected chi connectivity index (χ1v) is 8.64. The molecule has 0 saturated heterocycles. The summed E-state index contributed by atoms with van der Waals surface area (Å²) in [5.74, 6) is 0.756. The smallest absolute Gasteiger partial charge is 0.228 e. The molecule has 0 aliphatic heterocycles. The molecule has 2 heterocycles. The Kier molecular flexibility index (Phi) is 4.68. The summed E-state index contributed by atoms with van der Waals surface area (Å²) in [6, 6.07) is 17.8. The zero-order valence-electron chi connectivity index (χ0n) is 15.2. The molecular weight excluding hydrogens is 355 g/mol. The Hall–Kier alpha value is -3.80. The van der Waals surface area contributed by atoms with E-state index in [4.69, 9.17) is 4.42 Å². The minimum absolute atomic E-state index is 0.297. The molecule has 4 rings (SSSR count). The fourth-order valence-corrected chi connectivity index (χ4v) is 3.10. The molecule has 0 atom stereocenters. The van der Waals surface area contributed by atoms with E-state index in [2.05, 4.69) is 26.9 Å². The van der Waals surface area contributed by atoms with Crippen molar-refractivity contribution in [2.45, 2.75) is 0 Å². The average molecular weight is 372 g/mol. The van der Waals surface area contributed by atoms with Gasteiger partial charge in [0.15, 0.2) is 0 Å². The van der Waals surface area contributed by atoms with Crippen LogP contribution in [0.4, 0.5) is 10.3 Å². The van der Waals surface area contributed by atoms with Gasteiger partial charge in [-0.3, -0.25) is 10.1 Å². The number of H-pyrrole nitrogens is 1. The molecule has 0 spiro atoms. The Morgan fingerprint density at radius 1 is 1.04 bits per heavy atom. The summed E-state index contributed by atoms with van der Waals surface area (Å²) in [5, 5.41) is 7.13. The highest BCUT2D eigenvalue weighted by Crippen LogP contribution is 2.34. The van der Waals surface area contributed by atoms with E-state index < -0.39 is 0 Å². The van der Waals surface area contributed by atoms with Crippen LogP contribution in [-0.2, 0) is 0 Å². The summed E-state index contributed by atoms with van der Waals surface area (Å²) in [6.07, 6.45) is 1.68. The summed E-state index contributed by atoms with van der Waals surface area (Å²) >= 11 is 0. The molecule has 138 valence electrons. The van der Waals surface area contributed by atoms with Crippen LogP contribution < -0.4 is 0 Å². The molecule has 2 aromatic heterocycles. The van der Waals surface area contributed by atoms with Crippen LogP contribution >= 0.6 is 0 Å². The summed E-state index contributed by atoms with van der Waals surface area (Å²) in [6.45, 7) is 3.62. The second-order valence-electron chi connectivity index (χ2n) is 6.09. The van der Waals surface area contributed by atoms with Gasteiger partial charge in [-0.1, -0.05) is 30.3 Å². The third kappa shape index (κ3) is 3.16. The van der Waals surface area contributed by atoms with Crippen molar-refractivity contribution in [1.29, 1.82) is 0 Å². The van der Waals surface area contributed by atoms with Crippen molar-refractivity contribution in [3.63, 3.8) is 0 Å². The van der Waals surface area contributed by atoms with Gasteiger partial charge in [-0.25, -0.2) is 9.38 Å². The molecule has 1 N–H and O–H groups in total. The number of nitrogens with zero attached hydrogens (tertiary/aromatic N) is 3. The highest BCUT2D eigenvalue weighted by atomic mass is 19.1. The standard InChI is InChI=1S/C22H17FN4O/c1-24-21(18-13-26-27-20(18)15-8-10-16(23)11-9-15)17-12-19(28-22(17)25-2)14-6-4-3-5-7-14/h3-13H,2H2,1H3,(H,26,27). The highest BCUT2D eigenvalue weighted by Gasteiger charge is 2.21. The van der Waals surface area contributed by atoms with Crippen LogP contribution in [0.3, 0.4) is 0 Å². The lowest BCUT2D eigenvalue weighted by molar-refractivity contribution is 0.593. The van der Waals surface area contributed by atoms with Gasteiger partial charge in [-0.05, 0) is 37.0 Å². The molecule has 4 aromatic rings. The van der Waals surface area contributed by atoms with E-state index in [0.717, 1.165) is 22.4 Å². The maximum absolute atomic E-state index is 13.3. The summed E-state index contributed by atoms with van der Waals surface area (Å²) in [5.41, 5.74) is 4.59. The second kappa shape index (κ2) is 7.44. The first kappa shape index (κ1) is 17.6. The molecule has 0 fully saturated rings. The Labute approximate surface area is 161 Å². The molecular formula is C22H17FN4O. The topological polar surface area (TPSA) is 66.5 Å². The molecule has 6 heteroatoms. The maximum atomic E-state index is 13.3. The van der Waals surface area contributed by atoms with Crippen LogP contribution in [0.5, 0.6) is 0 Å². The van der Waals surface area contributed by atoms with E-state index in [0.29, 0.717) is 22.9 Å². The largest absolute Gasteiger partial charge is 0.438 e. The van der Waals surface area contributed by atoms with E-state index in [1.165, 1.54) is 12.1 Å². The third-order valence-electron chi connectivity index (χ3n) is 4.42. The van der Waals surface area contributed by atoms with Crippen molar-refractivity contribution in [2.24, 2.45) is 9.98 Å². The van der Waals surface area contributed by atoms with Gasteiger partial charge in [0.05, 0.1) is 23.2 Å². The zero-order valence-corrected chi connectivity index (χ0v) is 15.2. The van der Waals surface area contributed by atoms with Crippen LogP contribution in [0.15, 0.2) is 81.3 Å². The molecule has 0 amide bonds. The molecule has 0 bridgehead atoms. The van der Waals surface area contributed by atoms with Gasteiger partial charge in [0.25, 0.3) is 0 Å². The second-order valence-corrected chi connectivity index (χ2v) is 6.09. The Bertz CT molecular complexity index is 1140. The number of aliphatic imine (C=N–C) groups is 2. The van der Waals surface area contributed by atoms with Gasteiger partial charge < -0.3 is 4.42 Å². The Morgan fingerprint density at radius 2 is 1.79 bits per heavy atom. The lowest BCUT2D eigenvalue weighted by Crippen LogP contribution is -2.03. The van der Waals surface area contributed by atoms with Gasteiger partial charge in [0.2, 0.25) is 5.88 Å². The average Bonchev–Trinajstić information content (AvgIpc) is 3.38. The molecule has 0 aliphatic rings. The fraction of sp³-hybridized carbons (Fsp3) is 0.0455. The van der Waals surface area contributed by atoms with Crippen LogP contribution in [0.25, 0.3) is 22.6 Å². The minimum atomic E-state index is -0.297. The van der Waals surface area contributed by atoms with Crippen molar-refractivity contribution in [1.82, 2.24) is 10.2 Å². The van der Waals surface area contributed by atoms with Crippen LogP contribution in [-0.4, -0.2) is 29.7 Å². The van der Waals surface area contributed by atoms with Gasteiger partial charge in [-0.15, -0.1) is 0 Å². The number of hydrogen-bond donors (Lipinski definition) is 1. The number of aromatic nitrogens is 2. The van der Waals surface area contributed by atoms with E-state index in [1.54, 1.807) is 25.4 Å². The number of benzene rings is 2. The SMILES string of the molecule is C=Nc1oc(-c2ccccc2)cc1C(=NC)c1cn[nH]c1-c1ccc(F)cc1. The molecule has 0 saturated carbocycles. The normalized spacial score (nSPS) is 11.6. The van der Waals surface area contributed by atoms with Gasteiger partial charge in [-0.2, -0.15) is 5.10 Å². The lowest BCUT2D eigenvalue weighted by Gasteiger charge is -2.06. The number of halogens is 1. The van der Waals surface area contributed by atoms with E-state index >= 15 is 0 Å². The van der Waals surface area contributed by atoms with Crippen molar-refractivity contribution in [3.8, 4) is 22.6 Å². The third-order valence-corrected chi connectivity index (χ3v) is 4.42. The molecule has 2 aromatic carbocycles. The van der Waals surface area contributed by atoms with Crippen molar-refractivity contribution in [2.75, 3.05) is 7.05 Å². The summed E-state index contributed by atoms with van der Waals surface area (Å²) < 4.78 is 19.2. The monoisotopic (exact) mass is 372 g/mol. The van der Waals surface area contributed by atoms with Crippen molar-refractivity contribution >= 4 is 18.3 Å². The molecule has 5 nitrogen and oxygen atoms in total. The van der Waals surface area contributed by atoms with E-state index in [9.17, 15) is 4.39 Å². The van der Waals surface area contributed by atoms with E-state index in [-0.39, 0.29) is 5.82 Å². The quantitative estimate of drug-likeness (QED) is 0.485. The number of hydrogen-bond acceptors (Lipinski definition) is 4. The summed E-state index contributed by atoms with van der Waals surface area (Å²) in [4.78, 5) is 8.49. The molecule has 0 radical (unpaired) electrons. The highest BCUT2D eigenvalue weighted by molar-refractivity contribution is 6.18. The first-order valence-electron chi connectivity index (χ1n) is 8.64.